The summed E-state index contributed by atoms with van der Waals surface area (Å²) in [5, 5.41) is 3.11. The van der Waals surface area contributed by atoms with Crippen LogP contribution in [0.5, 0.6) is 0 Å². The van der Waals surface area contributed by atoms with Crippen LogP contribution in [0.15, 0.2) is 30.3 Å². The smallest absolute Gasteiger partial charge is 0.317 e. The van der Waals surface area contributed by atoms with Crippen molar-refractivity contribution >= 4 is 6.03 Å². The molecule has 2 amide bonds. The number of nitrogens with zero attached hydrogens (tertiary/aromatic N) is 2. The lowest BCUT2D eigenvalue weighted by atomic mass is 9.69. The molecule has 172 valence electrons. The SMILES string of the molecule is COCCOC1CN(C2CCN(C(=O)NCCc3ccccc3)CC2)C12CCCCC2. The number of carbonyl (C=O) groups excluding carboxylic acids is 1. The van der Waals surface area contributed by atoms with Gasteiger partial charge in [-0.1, -0.05) is 49.6 Å². The van der Waals surface area contributed by atoms with Crippen LogP contribution in [0.2, 0.25) is 0 Å². The quantitative estimate of drug-likeness (QED) is 0.643. The molecule has 1 aromatic carbocycles. The largest absolute Gasteiger partial charge is 0.382 e. The number of urea groups is 1. The summed E-state index contributed by atoms with van der Waals surface area (Å²) in [4.78, 5) is 17.4. The summed E-state index contributed by atoms with van der Waals surface area (Å²) in [5.41, 5.74) is 1.50. The average Bonchev–Trinajstić information content (AvgIpc) is 2.82. The van der Waals surface area contributed by atoms with E-state index < -0.39 is 0 Å². The molecule has 3 fully saturated rings. The van der Waals surface area contributed by atoms with Crippen molar-refractivity contribution in [3.8, 4) is 0 Å². The maximum atomic E-state index is 12.6. The van der Waals surface area contributed by atoms with Gasteiger partial charge in [0, 0.05) is 44.9 Å². The Balaban J connectivity index is 1.23. The average molecular weight is 430 g/mol. The molecule has 2 aliphatic heterocycles. The van der Waals surface area contributed by atoms with Crippen LogP contribution in [0.25, 0.3) is 0 Å². The molecule has 31 heavy (non-hydrogen) atoms. The molecule has 1 aromatic rings. The normalized spacial score (nSPS) is 24.2. The van der Waals surface area contributed by atoms with Gasteiger partial charge in [0.05, 0.1) is 19.3 Å². The minimum absolute atomic E-state index is 0.0890. The Bertz CT molecular complexity index is 685. The maximum absolute atomic E-state index is 12.6. The molecular weight excluding hydrogens is 390 g/mol. The maximum Gasteiger partial charge on any atom is 0.317 e. The molecule has 2 heterocycles. The molecule has 1 atom stereocenters. The van der Waals surface area contributed by atoms with Crippen LogP contribution in [-0.4, -0.2) is 80.0 Å². The van der Waals surface area contributed by atoms with Crippen molar-refractivity contribution in [3.63, 3.8) is 0 Å². The fourth-order valence-corrected chi connectivity index (χ4v) is 5.82. The molecule has 0 aromatic heterocycles. The van der Waals surface area contributed by atoms with Crippen molar-refractivity contribution in [1.29, 1.82) is 0 Å². The van der Waals surface area contributed by atoms with Crippen LogP contribution in [0.3, 0.4) is 0 Å². The molecule has 4 rings (SSSR count). The number of amides is 2. The lowest BCUT2D eigenvalue weighted by Gasteiger charge is -2.63. The summed E-state index contributed by atoms with van der Waals surface area (Å²) < 4.78 is 11.4. The second-order valence-corrected chi connectivity index (χ2v) is 9.35. The zero-order valence-electron chi connectivity index (χ0n) is 19.1. The first kappa shape index (κ1) is 22.6. The van der Waals surface area contributed by atoms with Crippen LogP contribution < -0.4 is 5.32 Å². The van der Waals surface area contributed by atoms with Crippen LogP contribution in [0.1, 0.15) is 50.5 Å². The third-order valence-electron chi connectivity index (χ3n) is 7.58. The zero-order chi connectivity index (χ0) is 21.5. The second-order valence-electron chi connectivity index (χ2n) is 9.35. The summed E-state index contributed by atoms with van der Waals surface area (Å²) in [6.45, 7) is 4.80. The van der Waals surface area contributed by atoms with Gasteiger partial charge in [-0.2, -0.15) is 0 Å². The van der Waals surface area contributed by atoms with Gasteiger partial charge >= 0.3 is 6.03 Å². The standard InChI is InChI=1S/C25H39N3O3/c1-30-18-19-31-23-20-28(25(23)13-6-3-7-14-25)22-11-16-27(17-12-22)24(29)26-15-10-21-8-4-2-5-9-21/h2,4-5,8-9,22-23H,3,6-7,10-20H2,1H3,(H,26,29). The molecule has 0 bridgehead atoms. The molecule has 1 aliphatic carbocycles. The van der Waals surface area contributed by atoms with E-state index in [1.165, 1.54) is 37.7 Å². The fraction of sp³-hybridized carbons (Fsp3) is 0.720. The highest BCUT2D eigenvalue weighted by Gasteiger charge is 2.56. The number of hydrogen-bond donors (Lipinski definition) is 1. The lowest BCUT2D eigenvalue weighted by molar-refractivity contribution is -0.203. The fourth-order valence-electron chi connectivity index (χ4n) is 5.82. The molecular formula is C25H39N3O3. The van der Waals surface area contributed by atoms with E-state index in [4.69, 9.17) is 9.47 Å². The Morgan fingerprint density at radius 1 is 1.10 bits per heavy atom. The Morgan fingerprint density at radius 2 is 1.84 bits per heavy atom. The van der Waals surface area contributed by atoms with Gasteiger partial charge in [0.25, 0.3) is 0 Å². The molecule has 2 saturated heterocycles. The Labute approximate surface area is 187 Å². The van der Waals surface area contributed by atoms with E-state index in [1.807, 2.05) is 23.1 Å². The minimum atomic E-state index is 0.0890. The second kappa shape index (κ2) is 10.8. The summed E-state index contributed by atoms with van der Waals surface area (Å²) in [7, 11) is 1.73. The zero-order valence-corrected chi connectivity index (χ0v) is 19.1. The van der Waals surface area contributed by atoms with E-state index in [2.05, 4.69) is 22.3 Å². The molecule has 0 radical (unpaired) electrons. The van der Waals surface area contributed by atoms with Crippen LogP contribution in [-0.2, 0) is 15.9 Å². The van der Waals surface area contributed by atoms with Crippen LogP contribution in [0.4, 0.5) is 4.79 Å². The number of piperidine rings is 1. The predicted molar refractivity (Wildman–Crippen MR) is 122 cm³/mol. The number of benzene rings is 1. The van der Waals surface area contributed by atoms with Crippen molar-refractivity contribution in [1.82, 2.24) is 15.1 Å². The van der Waals surface area contributed by atoms with E-state index in [0.29, 0.717) is 31.9 Å². The molecule has 1 N–H and O–H groups in total. The Hall–Kier alpha value is -1.63. The highest BCUT2D eigenvalue weighted by molar-refractivity contribution is 5.74. The first-order chi connectivity index (χ1) is 15.2. The van der Waals surface area contributed by atoms with E-state index >= 15 is 0 Å². The molecule has 6 heteroatoms. The number of carbonyl (C=O) groups is 1. The van der Waals surface area contributed by atoms with Crippen molar-refractivity contribution in [2.45, 2.75) is 69.1 Å². The van der Waals surface area contributed by atoms with Crippen LogP contribution in [0, 0.1) is 0 Å². The predicted octanol–water partition coefficient (Wildman–Crippen LogP) is 3.45. The number of likely N-dealkylation sites (tertiary alicyclic amines) is 2. The minimum Gasteiger partial charge on any atom is -0.382 e. The number of hydrogen-bond acceptors (Lipinski definition) is 4. The molecule has 6 nitrogen and oxygen atoms in total. The molecule has 3 aliphatic rings. The first-order valence-electron chi connectivity index (χ1n) is 12.2. The van der Waals surface area contributed by atoms with Gasteiger partial charge in [-0.05, 0) is 37.7 Å². The highest BCUT2D eigenvalue weighted by atomic mass is 16.5. The van der Waals surface area contributed by atoms with Gasteiger partial charge in [0.1, 0.15) is 0 Å². The van der Waals surface area contributed by atoms with Crippen molar-refractivity contribution in [2.24, 2.45) is 0 Å². The van der Waals surface area contributed by atoms with Gasteiger partial charge in [-0.25, -0.2) is 4.79 Å². The number of nitrogens with one attached hydrogen (secondary N) is 1. The lowest BCUT2D eigenvalue weighted by Crippen LogP contribution is -2.75. The summed E-state index contributed by atoms with van der Waals surface area (Å²) in [6, 6.07) is 11.0. The summed E-state index contributed by atoms with van der Waals surface area (Å²) in [6.07, 6.45) is 9.84. The van der Waals surface area contributed by atoms with E-state index in [0.717, 1.165) is 38.9 Å². The van der Waals surface area contributed by atoms with Crippen molar-refractivity contribution in [2.75, 3.05) is 46.5 Å². The van der Waals surface area contributed by atoms with Gasteiger partial charge in [0.15, 0.2) is 0 Å². The number of rotatable bonds is 8. The van der Waals surface area contributed by atoms with Gasteiger partial charge in [-0.15, -0.1) is 0 Å². The summed E-state index contributed by atoms with van der Waals surface area (Å²) in [5.74, 6) is 0. The number of ether oxygens (including phenoxy) is 2. The van der Waals surface area contributed by atoms with Gasteiger partial charge in [-0.3, -0.25) is 4.90 Å². The van der Waals surface area contributed by atoms with Gasteiger partial charge in [0.2, 0.25) is 0 Å². The van der Waals surface area contributed by atoms with Crippen LogP contribution >= 0.6 is 0 Å². The monoisotopic (exact) mass is 429 g/mol. The van der Waals surface area contributed by atoms with Crippen molar-refractivity contribution in [3.05, 3.63) is 35.9 Å². The summed E-state index contributed by atoms with van der Waals surface area (Å²) >= 11 is 0. The molecule has 1 unspecified atom stereocenters. The third kappa shape index (κ3) is 5.24. The molecule has 1 spiro atoms. The number of methoxy groups -OCH3 is 1. The third-order valence-corrected chi connectivity index (χ3v) is 7.58. The van der Waals surface area contributed by atoms with Crippen molar-refractivity contribution < 1.29 is 14.3 Å². The van der Waals surface area contributed by atoms with E-state index in [-0.39, 0.29) is 11.6 Å². The Kier molecular flexibility index (Phi) is 7.86. The molecule has 1 saturated carbocycles. The van der Waals surface area contributed by atoms with E-state index in [9.17, 15) is 4.79 Å². The highest BCUT2D eigenvalue weighted by Crippen LogP contribution is 2.47. The first-order valence-corrected chi connectivity index (χ1v) is 12.2. The van der Waals surface area contributed by atoms with E-state index in [1.54, 1.807) is 7.11 Å². The topological polar surface area (TPSA) is 54.0 Å². The van der Waals surface area contributed by atoms with Gasteiger partial charge < -0.3 is 19.7 Å². The Morgan fingerprint density at radius 3 is 2.55 bits per heavy atom.